The van der Waals surface area contributed by atoms with E-state index in [1.54, 1.807) is 50.2 Å². The summed E-state index contributed by atoms with van der Waals surface area (Å²) in [4.78, 5) is 23.4. The van der Waals surface area contributed by atoms with Crippen LogP contribution in [0.4, 0.5) is 11.4 Å². The molecule has 0 radical (unpaired) electrons. The number of benzene rings is 1. The largest absolute Gasteiger partial charge is 0.459 e. The lowest BCUT2D eigenvalue weighted by molar-refractivity contribution is -0.122. The lowest BCUT2D eigenvalue weighted by Gasteiger charge is -2.11. The molecule has 2 amide bonds. The predicted molar refractivity (Wildman–Crippen MR) is 92.3 cm³/mol. The second-order valence-corrected chi connectivity index (χ2v) is 5.52. The third-order valence-corrected chi connectivity index (χ3v) is 3.11. The van der Waals surface area contributed by atoms with Crippen molar-refractivity contribution >= 4 is 40.5 Å². The SMILES string of the molecule is CC(C)C(=O)NC(=S)Nc1ccc(NC(=O)c2ccco2)cc1. The van der Waals surface area contributed by atoms with Crippen molar-refractivity contribution in [3.63, 3.8) is 0 Å². The van der Waals surface area contributed by atoms with Crippen molar-refractivity contribution < 1.29 is 14.0 Å². The molecule has 23 heavy (non-hydrogen) atoms. The van der Waals surface area contributed by atoms with Crippen LogP contribution in [0.1, 0.15) is 24.4 Å². The van der Waals surface area contributed by atoms with Gasteiger partial charge in [-0.15, -0.1) is 0 Å². The Morgan fingerprint density at radius 1 is 1.04 bits per heavy atom. The van der Waals surface area contributed by atoms with Crippen molar-refractivity contribution in [1.29, 1.82) is 0 Å². The van der Waals surface area contributed by atoms with Crippen LogP contribution in [-0.2, 0) is 4.79 Å². The van der Waals surface area contributed by atoms with Gasteiger partial charge in [0.2, 0.25) is 5.91 Å². The topological polar surface area (TPSA) is 83.4 Å². The highest BCUT2D eigenvalue weighted by Gasteiger charge is 2.10. The summed E-state index contributed by atoms with van der Waals surface area (Å²) < 4.78 is 5.02. The lowest BCUT2D eigenvalue weighted by Crippen LogP contribution is -2.36. The van der Waals surface area contributed by atoms with E-state index < -0.39 is 0 Å². The van der Waals surface area contributed by atoms with Gasteiger partial charge < -0.3 is 20.4 Å². The Bertz CT molecular complexity index is 694. The van der Waals surface area contributed by atoms with Crippen LogP contribution in [0.25, 0.3) is 0 Å². The maximum Gasteiger partial charge on any atom is 0.291 e. The van der Waals surface area contributed by atoms with E-state index in [0.29, 0.717) is 11.4 Å². The highest BCUT2D eigenvalue weighted by atomic mass is 32.1. The number of carbonyl (C=O) groups excluding carboxylic acids is 2. The molecule has 0 aliphatic heterocycles. The summed E-state index contributed by atoms with van der Waals surface area (Å²) >= 11 is 5.06. The van der Waals surface area contributed by atoms with Crippen LogP contribution in [0.15, 0.2) is 47.1 Å². The number of rotatable bonds is 4. The maximum atomic E-state index is 11.8. The minimum Gasteiger partial charge on any atom is -0.459 e. The van der Waals surface area contributed by atoms with Crippen LogP contribution in [0, 0.1) is 5.92 Å². The highest BCUT2D eigenvalue weighted by molar-refractivity contribution is 7.80. The molecule has 0 saturated carbocycles. The van der Waals surface area contributed by atoms with Crippen molar-refractivity contribution in [3.05, 3.63) is 48.4 Å². The third kappa shape index (κ3) is 4.93. The molecule has 1 aromatic carbocycles. The van der Waals surface area contributed by atoms with Gasteiger partial charge in [0.25, 0.3) is 5.91 Å². The minimum atomic E-state index is -0.324. The summed E-state index contributed by atoms with van der Waals surface area (Å²) in [5.41, 5.74) is 1.32. The van der Waals surface area contributed by atoms with Crippen LogP contribution in [0.3, 0.4) is 0 Å². The molecule has 0 unspecified atom stereocenters. The standard InChI is InChI=1S/C16H17N3O3S/c1-10(2)14(20)19-16(23)18-12-7-5-11(6-8-12)17-15(21)13-4-3-9-22-13/h3-10H,1-2H3,(H,17,21)(H2,18,19,20,23). The molecule has 0 fully saturated rings. The molecule has 0 aliphatic rings. The molecular formula is C16H17N3O3S. The molecular weight excluding hydrogens is 314 g/mol. The molecule has 0 aliphatic carbocycles. The molecule has 0 saturated heterocycles. The van der Waals surface area contributed by atoms with Gasteiger partial charge in [0.15, 0.2) is 10.9 Å². The van der Waals surface area contributed by atoms with Crippen LogP contribution in [0.2, 0.25) is 0 Å². The number of hydrogen-bond donors (Lipinski definition) is 3. The summed E-state index contributed by atoms with van der Waals surface area (Å²) in [6, 6.07) is 10.2. The fourth-order valence-corrected chi connectivity index (χ4v) is 1.87. The molecule has 1 heterocycles. The van der Waals surface area contributed by atoms with E-state index in [9.17, 15) is 9.59 Å². The summed E-state index contributed by atoms with van der Waals surface area (Å²) in [7, 11) is 0. The number of thiocarbonyl (C=S) groups is 1. The van der Waals surface area contributed by atoms with Crippen LogP contribution < -0.4 is 16.0 Å². The lowest BCUT2D eigenvalue weighted by atomic mass is 10.2. The number of furan rings is 1. The second-order valence-electron chi connectivity index (χ2n) is 5.11. The van der Waals surface area contributed by atoms with Crippen LogP contribution >= 0.6 is 12.2 Å². The van der Waals surface area contributed by atoms with E-state index in [1.807, 2.05) is 0 Å². The third-order valence-electron chi connectivity index (χ3n) is 2.91. The van der Waals surface area contributed by atoms with Gasteiger partial charge in [0.1, 0.15) is 0 Å². The quantitative estimate of drug-likeness (QED) is 0.750. The van der Waals surface area contributed by atoms with Gasteiger partial charge in [-0.25, -0.2) is 0 Å². The predicted octanol–water partition coefficient (Wildman–Crippen LogP) is 3.00. The van der Waals surface area contributed by atoms with Gasteiger partial charge in [0.05, 0.1) is 6.26 Å². The number of hydrogen-bond acceptors (Lipinski definition) is 4. The first-order chi connectivity index (χ1) is 11.0. The van der Waals surface area contributed by atoms with Gasteiger partial charge in [0, 0.05) is 17.3 Å². The molecule has 2 aromatic rings. The molecule has 7 heteroatoms. The summed E-state index contributed by atoms with van der Waals surface area (Å²) in [5, 5.41) is 8.44. The van der Waals surface area contributed by atoms with Crippen molar-refractivity contribution in [1.82, 2.24) is 5.32 Å². The summed E-state index contributed by atoms with van der Waals surface area (Å²) in [5.74, 6) is -0.376. The van der Waals surface area contributed by atoms with E-state index in [1.165, 1.54) is 6.26 Å². The van der Waals surface area contributed by atoms with Gasteiger partial charge >= 0.3 is 0 Å². The smallest absolute Gasteiger partial charge is 0.291 e. The first-order valence-corrected chi connectivity index (χ1v) is 7.43. The van der Waals surface area contributed by atoms with Crippen LogP contribution in [-0.4, -0.2) is 16.9 Å². The highest BCUT2D eigenvalue weighted by Crippen LogP contribution is 2.15. The monoisotopic (exact) mass is 331 g/mol. The van der Waals surface area contributed by atoms with Gasteiger partial charge in [-0.3, -0.25) is 9.59 Å². The van der Waals surface area contributed by atoms with Gasteiger partial charge in [-0.2, -0.15) is 0 Å². The summed E-state index contributed by atoms with van der Waals surface area (Å²) in [6.07, 6.45) is 1.44. The molecule has 1 aromatic heterocycles. The molecule has 0 atom stereocenters. The maximum absolute atomic E-state index is 11.8. The zero-order valence-electron chi connectivity index (χ0n) is 12.8. The Morgan fingerprint density at radius 2 is 1.65 bits per heavy atom. The molecule has 2 rings (SSSR count). The van der Waals surface area contributed by atoms with E-state index >= 15 is 0 Å². The Morgan fingerprint density at radius 3 is 2.17 bits per heavy atom. The zero-order chi connectivity index (χ0) is 16.8. The number of anilines is 2. The first kappa shape index (κ1) is 16.7. The number of carbonyl (C=O) groups is 2. The van der Waals surface area contributed by atoms with E-state index in [-0.39, 0.29) is 28.6 Å². The Balaban J connectivity index is 1.90. The van der Waals surface area contributed by atoms with Crippen molar-refractivity contribution in [2.75, 3.05) is 10.6 Å². The second kappa shape index (κ2) is 7.55. The van der Waals surface area contributed by atoms with E-state index in [0.717, 1.165) is 0 Å². The molecule has 3 N–H and O–H groups in total. The fourth-order valence-electron chi connectivity index (χ4n) is 1.66. The molecule has 6 nitrogen and oxygen atoms in total. The average molecular weight is 331 g/mol. The van der Waals surface area contributed by atoms with E-state index in [4.69, 9.17) is 16.6 Å². The van der Waals surface area contributed by atoms with Crippen molar-refractivity contribution in [2.45, 2.75) is 13.8 Å². The fraction of sp³-hybridized carbons (Fsp3) is 0.188. The van der Waals surface area contributed by atoms with Crippen molar-refractivity contribution in [3.8, 4) is 0 Å². The average Bonchev–Trinajstić information content (AvgIpc) is 3.03. The Kier molecular flexibility index (Phi) is 5.48. The van der Waals surface area contributed by atoms with Crippen molar-refractivity contribution in [2.24, 2.45) is 5.92 Å². The van der Waals surface area contributed by atoms with Gasteiger partial charge in [-0.1, -0.05) is 13.8 Å². The molecule has 0 spiro atoms. The Labute approximate surface area is 139 Å². The zero-order valence-corrected chi connectivity index (χ0v) is 13.6. The van der Waals surface area contributed by atoms with Gasteiger partial charge in [-0.05, 0) is 48.6 Å². The normalized spacial score (nSPS) is 10.2. The van der Waals surface area contributed by atoms with E-state index in [2.05, 4.69) is 16.0 Å². The summed E-state index contributed by atoms with van der Waals surface area (Å²) in [6.45, 7) is 3.57. The minimum absolute atomic E-state index is 0.145. The molecule has 120 valence electrons. The number of nitrogens with one attached hydrogen (secondary N) is 3. The number of amides is 2. The molecule has 0 bridgehead atoms. The Hall–Kier alpha value is -2.67. The van der Waals surface area contributed by atoms with Crippen LogP contribution in [0.5, 0.6) is 0 Å². The first-order valence-electron chi connectivity index (χ1n) is 7.02.